The number of benzene rings is 1. The summed E-state index contributed by atoms with van der Waals surface area (Å²) < 4.78 is 0. The number of fused-ring (bicyclic) bond motifs is 2. The summed E-state index contributed by atoms with van der Waals surface area (Å²) in [4.78, 5) is 15.0. The zero-order valence-corrected chi connectivity index (χ0v) is 13.4. The second kappa shape index (κ2) is 5.74. The highest BCUT2D eigenvalue weighted by Gasteiger charge is 2.19. The summed E-state index contributed by atoms with van der Waals surface area (Å²) in [6.07, 6.45) is 5.02. The first-order valence-corrected chi connectivity index (χ1v) is 8.72. The van der Waals surface area contributed by atoms with E-state index in [1.54, 1.807) is 11.8 Å². The topological polar surface area (TPSA) is 44.8 Å². The summed E-state index contributed by atoms with van der Waals surface area (Å²) in [5.41, 5.74) is 4.96. The third-order valence-corrected chi connectivity index (χ3v) is 4.72. The Kier molecular flexibility index (Phi) is 3.60. The van der Waals surface area contributed by atoms with Gasteiger partial charge < -0.3 is 4.98 Å². The number of hydrogen-bond acceptors (Lipinski definition) is 4. The number of H-pyrrole nitrogens is 1. The molecule has 1 N–H and O–H groups in total. The maximum absolute atomic E-state index is 4.63. The predicted octanol–water partition coefficient (Wildman–Crippen LogP) is 3.24. The molecule has 1 aromatic carbocycles. The van der Waals surface area contributed by atoms with Gasteiger partial charge in [0.1, 0.15) is 0 Å². The fraction of sp³-hybridized carbons (Fsp3) is 0.294. The molecule has 3 heterocycles. The van der Waals surface area contributed by atoms with Gasteiger partial charge in [-0.25, -0.2) is 9.97 Å². The Labute approximate surface area is 134 Å². The van der Waals surface area contributed by atoms with E-state index in [-0.39, 0.29) is 0 Å². The molecule has 112 valence electrons. The molecule has 0 spiro atoms. The lowest BCUT2D eigenvalue weighted by atomic mass is 10.1. The third kappa shape index (κ3) is 2.62. The second-order valence-corrected chi connectivity index (χ2v) is 6.44. The number of nitrogens with one attached hydrogen (secondary N) is 1. The number of nitrogens with zero attached hydrogens (tertiary/aromatic N) is 3. The molecule has 0 bridgehead atoms. The van der Waals surface area contributed by atoms with Crippen molar-refractivity contribution >= 4 is 22.7 Å². The van der Waals surface area contributed by atoms with Gasteiger partial charge in [0.05, 0.1) is 5.69 Å². The molecule has 0 unspecified atom stereocenters. The van der Waals surface area contributed by atoms with Crippen molar-refractivity contribution in [1.29, 1.82) is 0 Å². The highest BCUT2D eigenvalue weighted by molar-refractivity contribution is 7.98. The average Bonchev–Trinajstić information content (AvgIpc) is 2.96. The molecule has 0 atom stereocenters. The molecule has 1 aliphatic rings. The summed E-state index contributed by atoms with van der Waals surface area (Å²) in [6, 6.07) is 10.7. The predicted molar refractivity (Wildman–Crippen MR) is 89.9 cm³/mol. The van der Waals surface area contributed by atoms with Crippen LogP contribution in [0.15, 0.2) is 41.7 Å². The van der Waals surface area contributed by atoms with Gasteiger partial charge in [0.25, 0.3) is 0 Å². The number of para-hydroxylation sites is 1. The van der Waals surface area contributed by atoms with E-state index in [0.717, 1.165) is 31.2 Å². The normalized spacial score (nSPS) is 15.1. The number of aromatic nitrogens is 3. The highest BCUT2D eigenvalue weighted by atomic mass is 32.2. The van der Waals surface area contributed by atoms with Crippen molar-refractivity contribution in [3.63, 3.8) is 0 Å². The average molecular weight is 310 g/mol. The number of aromatic amines is 1. The highest BCUT2D eigenvalue weighted by Crippen LogP contribution is 2.22. The van der Waals surface area contributed by atoms with Crippen LogP contribution in [0.3, 0.4) is 0 Å². The molecule has 5 heteroatoms. The van der Waals surface area contributed by atoms with Gasteiger partial charge in [-0.05, 0) is 23.8 Å². The molecule has 3 aromatic rings. The first-order chi connectivity index (χ1) is 10.8. The Bertz CT molecular complexity index is 778. The van der Waals surface area contributed by atoms with Crippen molar-refractivity contribution in [3.05, 3.63) is 53.5 Å². The van der Waals surface area contributed by atoms with Gasteiger partial charge in [0, 0.05) is 49.0 Å². The minimum absolute atomic E-state index is 0.878. The maximum atomic E-state index is 4.63. The van der Waals surface area contributed by atoms with E-state index < -0.39 is 0 Å². The second-order valence-electron chi connectivity index (χ2n) is 5.67. The minimum atomic E-state index is 0.878. The van der Waals surface area contributed by atoms with Gasteiger partial charge in [-0.3, -0.25) is 4.90 Å². The molecule has 0 fully saturated rings. The Morgan fingerprint density at radius 1 is 1.32 bits per heavy atom. The van der Waals surface area contributed by atoms with E-state index in [9.17, 15) is 0 Å². The Hall–Kier alpha value is -1.85. The molecule has 0 amide bonds. The van der Waals surface area contributed by atoms with Crippen LogP contribution in [0.5, 0.6) is 0 Å². The molecular formula is C17H18N4S. The fourth-order valence-corrected chi connectivity index (χ4v) is 3.41. The van der Waals surface area contributed by atoms with Crippen LogP contribution in [0, 0.1) is 0 Å². The standard InChI is InChI=1S/C17H18N4S/c1-22-17-18-9-13-10-21(7-6-16(13)20-17)11-14-8-12-4-2-3-5-15(12)19-14/h2-5,8-9,19H,6-7,10-11H2,1H3. The Morgan fingerprint density at radius 3 is 3.09 bits per heavy atom. The molecule has 0 saturated heterocycles. The first-order valence-electron chi connectivity index (χ1n) is 7.49. The smallest absolute Gasteiger partial charge is 0.187 e. The third-order valence-electron chi connectivity index (χ3n) is 4.15. The van der Waals surface area contributed by atoms with Gasteiger partial charge in [0.2, 0.25) is 0 Å². The first kappa shape index (κ1) is 13.8. The summed E-state index contributed by atoms with van der Waals surface area (Å²) >= 11 is 1.61. The van der Waals surface area contributed by atoms with Crippen LogP contribution in [-0.2, 0) is 19.5 Å². The summed E-state index contributed by atoms with van der Waals surface area (Å²) in [5, 5.41) is 2.16. The van der Waals surface area contributed by atoms with Gasteiger partial charge in [-0.1, -0.05) is 30.0 Å². The van der Waals surface area contributed by atoms with E-state index in [1.807, 2.05) is 12.5 Å². The van der Waals surface area contributed by atoms with E-state index in [4.69, 9.17) is 0 Å². The monoisotopic (exact) mass is 310 g/mol. The van der Waals surface area contributed by atoms with E-state index in [0.29, 0.717) is 0 Å². The molecule has 0 aliphatic carbocycles. The number of hydrogen-bond donors (Lipinski definition) is 1. The molecule has 4 nitrogen and oxygen atoms in total. The lowest BCUT2D eigenvalue weighted by Gasteiger charge is -2.27. The van der Waals surface area contributed by atoms with Crippen molar-refractivity contribution in [2.45, 2.75) is 24.7 Å². The van der Waals surface area contributed by atoms with E-state index >= 15 is 0 Å². The summed E-state index contributed by atoms with van der Waals surface area (Å²) in [7, 11) is 0. The van der Waals surface area contributed by atoms with Gasteiger partial charge >= 0.3 is 0 Å². The van der Waals surface area contributed by atoms with Crippen LogP contribution in [0.4, 0.5) is 0 Å². The molecule has 4 rings (SSSR count). The SMILES string of the molecule is CSc1ncc2c(n1)CCN(Cc1cc3ccccc3[nH]1)C2. The van der Waals surface area contributed by atoms with E-state index in [2.05, 4.69) is 50.2 Å². The number of thioether (sulfide) groups is 1. The van der Waals surface area contributed by atoms with Gasteiger partial charge in [-0.15, -0.1) is 0 Å². The van der Waals surface area contributed by atoms with Gasteiger partial charge in [-0.2, -0.15) is 0 Å². The molecule has 2 aromatic heterocycles. The summed E-state index contributed by atoms with van der Waals surface area (Å²) in [5.74, 6) is 0. The Balaban J connectivity index is 1.52. The van der Waals surface area contributed by atoms with Gasteiger partial charge in [0.15, 0.2) is 5.16 Å². The fourth-order valence-electron chi connectivity index (χ4n) is 3.05. The lowest BCUT2D eigenvalue weighted by molar-refractivity contribution is 0.240. The van der Waals surface area contributed by atoms with Crippen LogP contribution in [0.2, 0.25) is 0 Å². The minimum Gasteiger partial charge on any atom is -0.357 e. The molecule has 0 saturated carbocycles. The number of rotatable bonds is 3. The van der Waals surface area contributed by atoms with Crippen molar-refractivity contribution in [2.24, 2.45) is 0 Å². The Morgan fingerprint density at radius 2 is 2.23 bits per heavy atom. The zero-order chi connectivity index (χ0) is 14.9. The lowest BCUT2D eigenvalue weighted by Crippen LogP contribution is -2.31. The van der Waals surface area contributed by atoms with Crippen molar-refractivity contribution < 1.29 is 0 Å². The van der Waals surface area contributed by atoms with Crippen molar-refractivity contribution in [2.75, 3.05) is 12.8 Å². The molecule has 1 aliphatic heterocycles. The van der Waals surface area contributed by atoms with Crippen molar-refractivity contribution in [1.82, 2.24) is 19.9 Å². The van der Waals surface area contributed by atoms with Crippen LogP contribution in [0.25, 0.3) is 10.9 Å². The largest absolute Gasteiger partial charge is 0.357 e. The van der Waals surface area contributed by atoms with Crippen LogP contribution >= 0.6 is 11.8 Å². The molecular weight excluding hydrogens is 292 g/mol. The zero-order valence-electron chi connectivity index (χ0n) is 12.5. The van der Waals surface area contributed by atoms with E-state index in [1.165, 1.54) is 27.9 Å². The summed E-state index contributed by atoms with van der Waals surface area (Å²) in [6.45, 7) is 2.92. The molecule has 22 heavy (non-hydrogen) atoms. The van der Waals surface area contributed by atoms with Crippen LogP contribution < -0.4 is 0 Å². The molecule has 0 radical (unpaired) electrons. The van der Waals surface area contributed by atoms with Crippen LogP contribution in [-0.4, -0.2) is 32.7 Å². The maximum Gasteiger partial charge on any atom is 0.187 e. The van der Waals surface area contributed by atoms with Crippen LogP contribution in [0.1, 0.15) is 17.0 Å². The quantitative estimate of drug-likeness (QED) is 0.596. The van der Waals surface area contributed by atoms with Crippen molar-refractivity contribution in [3.8, 4) is 0 Å².